The summed E-state index contributed by atoms with van der Waals surface area (Å²) in [7, 11) is -7.56. The van der Waals surface area contributed by atoms with Gasteiger partial charge < -0.3 is 19.7 Å². The highest BCUT2D eigenvalue weighted by atomic mass is 32.2. The first kappa shape index (κ1) is 29.1. The fourth-order valence-corrected chi connectivity index (χ4v) is 5.98. The van der Waals surface area contributed by atoms with Crippen molar-refractivity contribution in [2.75, 3.05) is 6.26 Å². The average Bonchev–Trinajstić information content (AvgIpc) is 2.89. The van der Waals surface area contributed by atoms with Crippen LogP contribution in [0.5, 0.6) is 0 Å². The number of ether oxygens (including phenoxy) is 2. The molecule has 2 atom stereocenters. The third kappa shape index (κ3) is 9.45. The summed E-state index contributed by atoms with van der Waals surface area (Å²) in [5.74, 6) is -1.89. The topological polar surface area (TPSA) is 136 Å². The second kappa shape index (κ2) is 13.4. The summed E-state index contributed by atoms with van der Waals surface area (Å²) in [6.07, 6.45) is -0.563. The van der Waals surface area contributed by atoms with E-state index in [9.17, 15) is 27.5 Å². The predicted molar refractivity (Wildman–Crippen MR) is 142 cm³/mol. The number of esters is 1. The molecule has 3 rings (SSSR count). The maximum absolute atomic E-state index is 13.4. The zero-order valence-electron chi connectivity index (χ0n) is 20.9. The molecule has 0 aromatic heterocycles. The van der Waals surface area contributed by atoms with Crippen LogP contribution in [0.4, 0.5) is 4.79 Å². The Labute approximate surface area is 222 Å². The molecule has 9 nitrogen and oxygen atoms in total. The van der Waals surface area contributed by atoms with Crippen LogP contribution in [-0.2, 0) is 48.0 Å². The molecule has 0 saturated heterocycles. The van der Waals surface area contributed by atoms with E-state index in [4.69, 9.17) is 9.47 Å². The summed E-state index contributed by atoms with van der Waals surface area (Å²) in [6.45, 7) is 0.0154. The zero-order chi connectivity index (χ0) is 27.6. The molecule has 0 aliphatic rings. The van der Waals surface area contributed by atoms with Gasteiger partial charge in [0.15, 0.2) is 9.84 Å². The van der Waals surface area contributed by atoms with E-state index < -0.39 is 35.1 Å². The molecular formula is C27H30NO8PS. The van der Waals surface area contributed by atoms with E-state index in [1.807, 2.05) is 24.3 Å². The van der Waals surface area contributed by atoms with Crippen molar-refractivity contribution in [3.05, 3.63) is 102 Å². The number of nitrogens with one attached hydrogen (secondary N) is 1. The highest BCUT2D eigenvalue weighted by molar-refractivity contribution is 7.90. The quantitative estimate of drug-likeness (QED) is 0.242. The summed E-state index contributed by atoms with van der Waals surface area (Å²) >= 11 is 0. The third-order valence-electron chi connectivity index (χ3n) is 5.61. The van der Waals surface area contributed by atoms with Crippen LogP contribution < -0.4 is 5.32 Å². The summed E-state index contributed by atoms with van der Waals surface area (Å²) in [6, 6.07) is 23.6. The molecule has 2 unspecified atom stereocenters. The first-order valence-corrected chi connectivity index (χ1v) is 15.6. The Morgan fingerprint density at radius 3 is 1.89 bits per heavy atom. The van der Waals surface area contributed by atoms with Crippen molar-refractivity contribution in [2.45, 2.75) is 42.9 Å². The highest BCUT2D eigenvalue weighted by Gasteiger charge is 2.33. The molecule has 0 aliphatic carbocycles. The van der Waals surface area contributed by atoms with Gasteiger partial charge in [-0.25, -0.2) is 13.2 Å². The van der Waals surface area contributed by atoms with Crippen molar-refractivity contribution in [2.24, 2.45) is 0 Å². The van der Waals surface area contributed by atoms with E-state index in [0.29, 0.717) is 5.56 Å². The van der Waals surface area contributed by atoms with Crippen molar-refractivity contribution in [1.82, 2.24) is 5.32 Å². The van der Waals surface area contributed by atoms with Crippen LogP contribution in [0.3, 0.4) is 0 Å². The van der Waals surface area contributed by atoms with Crippen molar-refractivity contribution in [3.8, 4) is 0 Å². The van der Waals surface area contributed by atoms with E-state index >= 15 is 0 Å². The Morgan fingerprint density at radius 1 is 0.842 bits per heavy atom. The maximum Gasteiger partial charge on any atom is 0.408 e. The van der Waals surface area contributed by atoms with E-state index in [-0.39, 0.29) is 37.1 Å². The van der Waals surface area contributed by atoms with E-state index in [2.05, 4.69) is 5.32 Å². The van der Waals surface area contributed by atoms with Crippen LogP contribution >= 0.6 is 7.37 Å². The fourth-order valence-electron chi connectivity index (χ4n) is 3.55. The lowest BCUT2D eigenvalue weighted by molar-refractivity contribution is -0.145. The van der Waals surface area contributed by atoms with Gasteiger partial charge >= 0.3 is 12.1 Å². The second-order valence-corrected chi connectivity index (χ2v) is 13.2. The lowest BCUT2D eigenvalue weighted by atomic mass is 10.2. The molecule has 0 heterocycles. The van der Waals surface area contributed by atoms with Crippen LogP contribution in [-0.4, -0.2) is 37.4 Å². The fraction of sp³-hybridized carbons (Fsp3) is 0.259. The molecule has 38 heavy (non-hydrogen) atoms. The Balaban J connectivity index is 1.67. The number of rotatable bonds is 12. The van der Waals surface area contributed by atoms with E-state index in [1.54, 1.807) is 36.4 Å². The number of sulfone groups is 1. The van der Waals surface area contributed by atoms with Crippen LogP contribution in [0.2, 0.25) is 0 Å². The SMILES string of the molecule is CS(=O)(=O)c1ccc(CP(=O)(O)C(CCC(=O)OCc2ccccc2)NC(=O)OCc2ccccc2)cc1. The van der Waals surface area contributed by atoms with Gasteiger partial charge in [-0.3, -0.25) is 9.36 Å². The molecular weight excluding hydrogens is 529 g/mol. The minimum absolute atomic E-state index is 0.0405. The van der Waals surface area contributed by atoms with Gasteiger partial charge in [0.25, 0.3) is 0 Å². The number of benzene rings is 3. The van der Waals surface area contributed by atoms with Crippen LogP contribution in [0.15, 0.2) is 89.8 Å². The Hall–Kier alpha value is -3.46. The molecule has 0 radical (unpaired) electrons. The van der Waals surface area contributed by atoms with Gasteiger partial charge in [0.1, 0.15) is 19.0 Å². The minimum atomic E-state index is -4.13. The van der Waals surface area contributed by atoms with Gasteiger partial charge in [0.05, 0.1) is 11.1 Å². The maximum atomic E-state index is 13.4. The normalized spacial score (nSPS) is 13.6. The number of alkyl carbamates (subject to hydrolysis) is 1. The lowest BCUT2D eigenvalue weighted by Crippen LogP contribution is -2.36. The average molecular weight is 560 g/mol. The summed E-state index contributed by atoms with van der Waals surface area (Å²) in [5.41, 5.74) is 1.94. The minimum Gasteiger partial charge on any atom is -0.461 e. The second-order valence-electron chi connectivity index (χ2n) is 8.74. The molecule has 11 heteroatoms. The van der Waals surface area contributed by atoms with E-state index in [1.165, 1.54) is 24.3 Å². The molecule has 0 aliphatic heterocycles. The van der Waals surface area contributed by atoms with Gasteiger partial charge in [-0.15, -0.1) is 0 Å². The number of carbonyl (C=O) groups excluding carboxylic acids is 2. The third-order valence-corrected chi connectivity index (χ3v) is 8.92. The molecule has 0 bridgehead atoms. The number of hydrogen-bond donors (Lipinski definition) is 2. The molecule has 1 amide bonds. The van der Waals surface area contributed by atoms with Gasteiger partial charge in [0.2, 0.25) is 7.37 Å². The number of carbonyl (C=O) groups is 2. The molecule has 0 fully saturated rings. The number of amides is 1. The van der Waals surface area contributed by atoms with Crippen molar-refractivity contribution in [1.29, 1.82) is 0 Å². The molecule has 202 valence electrons. The standard InChI is InChI=1S/C27H30NO8PS/c1-38(33,34)24-14-12-23(13-15-24)20-37(31,32)25(28-27(30)36-19-22-10-6-3-7-11-22)16-17-26(29)35-18-21-8-4-2-5-9-21/h2-15,25H,16-20H2,1H3,(H,28,30)(H,31,32). The molecule has 3 aromatic rings. The Morgan fingerprint density at radius 2 is 1.37 bits per heavy atom. The molecule has 0 saturated carbocycles. The van der Waals surface area contributed by atoms with Gasteiger partial charge in [-0.1, -0.05) is 72.8 Å². The zero-order valence-corrected chi connectivity index (χ0v) is 22.6. The summed E-state index contributed by atoms with van der Waals surface area (Å²) < 4.78 is 47.3. The number of hydrogen-bond acceptors (Lipinski definition) is 7. The van der Waals surface area contributed by atoms with Crippen molar-refractivity contribution >= 4 is 29.3 Å². The molecule has 0 spiro atoms. The first-order chi connectivity index (χ1) is 18.0. The lowest BCUT2D eigenvalue weighted by Gasteiger charge is -2.24. The van der Waals surface area contributed by atoms with Crippen LogP contribution in [0, 0.1) is 0 Å². The Kier molecular flexibility index (Phi) is 10.2. The Bertz CT molecular complexity index is 1360. The first-order valence-electron chi connectivity index (χ1n) is 11.8. The van der Waals surface area contributed by atoms with Gasteiger partial charge in [-0.05, 0) is 35.2 Å². The molecule has 2 N–H and O–H groups in total. The summed E-state index contributed by atoms with van der Waals surface area (Å²) in [4.78, 5) is 35.8. The molecule has 3 aromatic carbocycles. The highest BCUT2D eigenvalue weighted by Crippen LogP contribution is 2.50. The van der Waals surface area contributed by atoms with Gasteiger partial charge in [-0.2, -0.15) is 0 Å². The monoisotopic (exact) mass is 559 g/mol. The van der Waals surface area contributed by atoms with Crippen molar-refractivity contribution in [3.63, 3.8) is 0 Å². The van der Waals surface area contributed by atoms with E-state index in [0.717, 1.165) is 17.4 Å². The smallest absolute Gasteiger partial charge is 0.408 e. The largest absolute Gasteiger partial charge is 0.461 e. The predicted octanol–water partition coefficient (Wildman–Crippen LogP) is 4.64. The van der Waals surface area contributed by atoms with Crippen LogP contribution in [0.25, 0.3) is 0 Å². The summed E-state index contributed by atoms with van der Waals surface area (Å²) in [5, 5.41) is 2.43. The van der Waals surface area contributed by atoms with Gasteiger partial charge in [0, 0.05) is 12.7 Å². The van der Waals surface area contributed by atoms with Crippen molar-refractivity contribution < 1.29 is 36.9 Å². The van der Waals surface area contributed by atoms with Crippen LogP contribution in [0.1, 0.15) is 29.5 Å².